The number of piperidine rings is 1. The van der Waals surface area contributed by atoms with E-state index >= 15 is 0 Å². The third-order valence-electron chi connectivity index (χ3n) is 6.63. The Hall–Kier alpha value is -3.13. The van der Waals surface area contributed by atoms with Gasteiger partial charge < -0.3 is 24.2 Å². The van der Waals surface area contributed by atoms with Gasteiger partial charge in [-0.3, -0.25) is 0 Å². The highest BCUT2D eigenvalue weighted by molar-refractivity contribution is 6.31. The van der Waals surface area contributed by atoms with Gasteiger partial charge in [0.1, 0.15) is 5.75 Å². The highest BCUT2D eigenvalue weighted by atomic mass is 35.5. The zero-order chi connectivity index (χ0) is 23.9. The maximum atomic E-state index is 12.3. The minimum atomic E-state index is -0.746. The van der Waals surface area contributed by atoms with Gasteiger partial charge in [0.25, 0.3) is 0 Å². The molecule has 1 atom stereocenters. The molecule has 1 unspecified atom stereocenters. The Balaban J connectivity index is 1.54. The van der Waals surface area contributed by atoms with Crippen LogP contribution in [0, 0.1) is 0 Å². The molecule has 3 heterocycles. The van der Waals surface area contributed by atoms with Crippen molar-refractivity contribution in [3.63, 3.8) is 0 Å². The van der Waals surface area contributed by atoms with E-state index in [0.29, 0.717) is 61.9 Å². The average Bonchev–Trinajstić information content (AvgIpc) is 3.29. The first-order valence-electron chi connectivity index (χ1n) is 11.7. The quantitative estimate of drug-likeness (QED) is 0.660. The zero-order valence-corrected chi connectivity index (χ0v) is 20.0. The van der Waals surface area contributed by atoms with Gasteiger partial charge in [0, 0.05) is 48.5 Å². The van der Waals surface area contributed by atoms with Crippen LogP contribution in [-0.4, -0.2) is 58.8 Å². The molecule has 1 spiro atoms. The van der Waals surface area contributed by atoms with E-state index in [1.807, 2.05) is 30.1 Å². The number of rotatable bonds is 4. The summed E-state index contributed by atoms with van der Waals surface area (Å²) in [6, 6.07) is 10.8. The van der Waals surface area contributed by atoms with Crippen LogP contribution in [0.5, 0.6) is 17.2 Å². The van der Waals surface area contributed by atoms with Crippen LogP contribution < -0.4 is 9.47 Å². The lowest BCUT2D eigenvalue weighted by atomic mass is 9.90. The topological polar surface area (TPSA) is 83.8 Å². The number of phenols is 1. The van der Waals surface area contributed by atoms with Crippen LogP contribution in [-0.2, 0) is 4.74 Å². The summed E-state index contributed by atoms with van der Waals surface area (Å²) in [6.45, 7) is 5.59. The van der Waals surface area contributed by atoms with Crippen LogP contribution >= 0.6 is 11.6 Å². The largest absolute Gasteiger partial charge is 0.507 e. The van der Waals surface area contributed by atoms with Crippen LogP contribution in [0.4, 0.5) is 4.79 Å². The Bertz CT molecular complexity index is 1130. The van der Waals surface area contributed by atoms with Crippen molar-refractivity contribution in [2.75, 3.05) is 26.3 Å². The third kappa shape index (κ3) is 3.79. The normalized spacial score (nSPS) is 20.3. The Labute approximate surface area is 203 Å². The summed E-state index contributed by atoms with van der Waals surface area (Å²) in [5, 5.41) is 18.0. The lowest BCUT2D eigenvalue weighted by Crippen LogP contribution is -2.59. The van der Waals surface area contributed by atoms with Crippen LogP contribution in [0.3, 0.4) is 0 Å². The first kappa shape index (κ1) is 22.7. The number of carbonyl (C=O) groups excluding carboxylic acids is 1. The fourth-order valence-electron chi connectivity index (χ4n) is 5.03. The van der Waals surface area contributed by atoms with Gasteiger partial charge in [-0.2, -0.15) is 5.10 Å². The fraction of sp³-hybridized carbons (Fsp3) is 0.440. The molecule has 3 aliphatic rings. The second kappa shape index (κ2) is 8.91. The minimum absolute atomic E-state index is 0.0910. The number of aromatic hydroxyl groups is 1. The van der Waals surface area contributed by atoms with E-state index in [4.69, 9.17) is 30.9 Å². The van der Waals surface area contributed by atoms with E-state index in [1.165, 1.54) is 0 Å². The van der Waals surface area contributed by atoms with Gasteiger partial charge in [-0.05, 0) is 38.1 Å². The van der Waals surface area contributed by atoms with Crippen molar-refractivity contribution in [3.05, 3.63) is 52.5 Å². The van der Waals surface area contributed by atoms with E-state index in [-0.39, 0.29) is 17.9 Å². The number of halogens is 1. The number of likely N-dealkylation sites (tertiary alicyclic amines) is 1. The summed E-state index contributed by atoms with van der Waals surface area (Å²) in [5.41, 5.74) is 1.60. The monoisotopic (exact) mass is 485 g/mol. The molecule has 0 aromatic heterocycles. The molecule has 1 fully saturated rings. The first-order valence-corrected chi connectivity index (χ1v) is 12.1. The summed E-state index contributed by atoms with van der Waals surface area (Å²) in [4.78, 5) is 14.0. The molecule has 0 radical (unpaired) electrons. The molecule has 2 aromatic rings. The van der Waals surface area contributed by atoms with Crippen molar-refractivity contribution in [2.45, 2.75) is 44.9 Å². The number of hydrazone groups is 1. The molecule has 5 rings (SSSR count). The van der Waals surface area contributed by atoms with Crippen LogP contribution in [0.2, 0.25) is 5.02 Å². The van der Waals surface area contributed by atoms with Gasteiger partial charge in [0.15, 0.2) is 11.5 Å². The van der Waals surface area contributed by atoms with Gasteiger partial charge in [-0.15, -0.1) is 0 Å². The summed E-state index contributed by atoms with van der Waals surface area (Å²) in [7, 11) is 0. The van der Waals surface area contributed by atoms with Crippen LogP contribution in [0.15, 0.2) is 41.5 Å². The van der Waals surface area contributed by atoms with Crippen molar-refractivity contribution < 1.29 is 24.1 Å². The summed E-state index contributed by atoms with van der Waals surface area (Å²) in [6.07, 6.45) is 1.39. The van der Waals surface area contributed by atoms with Crippen molar-refractivity contribution >= 4 is 23.4 Å². The molecule has 0 aliphatic carbocycles. The predicted molar refractivity (Wildman–Crippen MR) is 128 cm³/mol. The lowest BCUT2D eigenvalue weighted by molar-refractivity contribution is -0.148. The van der Waals surface area contributed by atoms with Crippen LogP contribution in [0.1, 0.15) is 50.3 Å². The van der Waals surface area contributed by atoms with E-state index < -0.39 is 5.72 Å². The number of hydrogen-bond acceptors (Lipinski definition) is 7. The average molecular weight is 486 g/mol. The Kier molecular flexibility index (Phi) is 5.93. The standard InChI is InChI=1S/C25H28ClN3O5/c1-3-32-22-7-5-6-17-20-15-19(18-14-16(26)8-9-21(18)30)27-29(20)25(34-23(17)22)10-12-28(13-11-25)24(31)33-4-2/h5-9,14,20,30H,3-4,10-13,15H2,1-2H3. The molecular weight excluding hydrogens is 458 g/mol. The number of phenolic OH excluding ortho intramolecular Hbond substituents is 1. The molecule has 9 heteroatoms. The molecule has 34 heavy (non-hydrogen) atoms. The number of ether oxygens (including phenoxy) is 3. The molecule has 1 amide bonds. The van der Waals surface area contributed by atoms with Crippen molar-refractivity contribution in [1.29, 1.82) is 0 Å². The second-order valence-corrected chi connectivity index (χ2v) is 9.05. The first-order chi connectivity index (χ1) is 16.5. The maximum absolute atomic E-state index is 12.3. The van der Waals surface area contributed by atoms with E-state index in [1.54, 1.807) is 30.0 Å². The number of para-hydroxylation sites is 1. The number of benzene rings is 2. The highest BCUT2D eigenvalue weighted by Gasteiger charge is 2.53. The molecule has 1 N–H and O–H groups in total. The molecular formula is C25H28ClN3O5. The Morgan fingerprint density at radius 3 is 2.76 bits per heavy atom. The molecule has 180 valence electrons. The lowest BCUT2D eigenvalue weighted by Gasteiger charge is -2.51. The summed E-state index contributed by atoms with van der Waals surface area (Å²) < 4.78 is 17.8. The molecule has 3 aliphatic heterocycles. The van der Waals surface area contributed by atoms with Crippen molar-refractivity contribution in [1.82, 2.24) is 9.91 Å². The fourth-order valence-corrected chi connectivity index (χ4v) is 5.20. The van der Waals surface area contributed by atoms with Gasteiger partial charge >= 0.3 is 6.09 Å². The molecule has 2 aromatic carbocycles. The highest BCUT2D eigenvalue weighted by Crippen LogP contribution is 2.53. The minimum Gasteiger partial charge on any atom is -0.507 e. The molecule has 0 saturated carbocycles. The van der Waals surface area contributed by atoms with Crippen molar-refractivity contribution in [2.24, 2.45) is 5.10 Å². The van der Waals surface area contributed by atoms with Gasteiger partial charge in [-0.1, -0.05) is 23.7 Å². The van der Waals surface area contributed by atoms with E-state index in [9.17, 15) is 9.90 Å². The Morgan fingerprint density at radius 2 is 2.03 bits per heavy atom. The van der Waals surface area contributed by atoms with Gasteiger partial charge in [-0.25, -0.2) is 9.80 Å². The summed E-state index contributed by atoms with van der Waals surface area (Å²) in [5.74, 6) is 1.56. The second-order valence-electron chi connectivity index (χ2n) is 8.61. The SMILES string of the molecule is CCOC(=O)N1CCC2(CC1)Oc1c(OCC)cccc1C1CC(c3cc(Cl)ccc3O)=NN12. The smallest absolute Gasteiger partial charge is 0.409 e. The van der Waals surface area contributed by atoms with E-state index in [0.717, 1.165) is 17.0 Å². The number of hydrogen-bond donors (Lipinski definition) is 1. The van der Waals surface area contributed by atoms with Gasteiger partial charge in [0.2, 0.25) is 5.72 Å². The molecule has 0 bridgehead atoms. The number of amides is 1. The maximum Gasteiger partial charge on any atom is 0.409 e. The zero-order valence-electron chi connectivity index (χ0n) is 19.3. The van der Waals surface area contributed by atoms with E-state index in [2.05, 4.69) is 0 Å². The number of nitrogens with zero attached hydrogens (tertiary/aromatic N) is 3. The van der Waals surface area contributed by atoms with Gasteiger partial charge in [0.05, 0.1) is 25.0 Å². The summed E-state index contributed by atoms with van der Waals surface area (Å²) >= 11 is 6.23. The van der Waals surface area contributed by atoms with Crippen LogP contribution in [0.25, 0.3) is 0 Å². The number of carbonyl (C=O) groups is 1. The number of fused-ring (bicyclic) bond motifs is 4. The molecule has 8 nitrogen and oxygen atoms in total. The van der Waals surface area contributed by atoms with Crippen molar-refractivity contribution in [3.8, 4) is 17.2 Å². The third-order valence-corrected chi connectivity index (χ3v) is 6.86. The molecule has 1 saturated heterocycles. The Morgan fingerprint density at radius 1 is 1.24 bits per heavy atom. The predicted octanol–water partition coefficient (Wildman–Crippen LogP) is 4.94.